The molecule has 1 N–H and O–H groups in total. The van der Waals surface area contributed by atoms with E-state index < -0.39 is 11.6 Å². The zero-order valence-corrected chi connectivity index (χ0v) is 13.5. The molecule has 1 aliphatic carbocycles. The fourth-order valence-corrected chi connectivity index (χ4v) is 2.81. The summed E-state index contributed by atoms with van der Waals surface area (Å²) in [7, 11) is 0. The van der Waals surface area contributed by atoms with Gasteiger partial charge in [0.15, 0.2) is 0 Å². The Labute approximate surface area is 139 Å². The molecule has 0 spiro atoms. The second-order valence-corrected chi connectivity index (χ2v) is 5.97. The number of hydrogen-bond acceptors (Lipinski definition) is 4. The Morgan fingerprint density at radius 3 is 2.58 bits per heavy atom. The van der Waals surface area contributed by atoms with Crippen LogP contribution in [0.3, 0.4) is 0 Å². The highest BCUT2D eigenvalue weighted by atomic mass is 16.5. The van der Waals surface area contributed by atoms with Crippen LogP contribution in [0, 0.1) is 5.92 Å². The summed E-state index contributed by atoms with van der Waals surface area (Å²) in [4.78, 5) is 22.9. The van der Waals surface area contributed by atoms with Gasteiger partial charge < -0.3 is 14.3 Å². The van der Waals surface area contributed by atoms with Gasteiger partial charge in [0.2, 0.25) is 0 Å². The highest BCUT2D eigenvalue weighted by Crippen LogP contribution is 2.38. The van der Waals surface area contributed by atoms with E-state index in [2.05, 4.69) is 0 Å². The molecule has 1 aromatic heterocycles. The highest BCUT2D eigenvalue weighted by molar-refractivity contribution is 5.87. The van der Waals surface area contributed by atoms with Crippen molar-refractivity contribution in [2.75, 3.05) is 0 Å². The fraction of sp³-hybridized carbons (Fsp3) is 0.263. The summed E-state index contributed by atoms with van der Waals surface area (Å²) < 4.78 is 11.1. The van der Waals surface area contributed by atoms with Gasteiger partial charge in [-0.25, -0.2) is 9.59 Å². The molecule has 0 saturated carbocycles. The molecule has 1 heterocycles. The number of allylic oxidation sites excluding steroid dienone is 1. The van der Waals surface area contributed by atoms with Gasteiger partial charge in [-0.2, -0.15) is 0 Å². The molecule has 5 heteroatoms. The van der Waals surface area contributed by atoms with E-state index in [1.807, 2.05) is 44.2 Å². The van der Waals surface area contributed by atoms with Gasteiger partial charge >= 0.3 is 11.6 Å². The molecule has 0 radical (unpaired) electrons. The number of carboxylic acids is 1. The summed E-state index contributed by atoms with van der Waals surface area (Å²) in [5.74, 6) is -0.140. The first-order valence-electron chi connectivity index (χ1n) is 7.77. The topological polar surface area (TPSA) is 76.7 Å². The third-order valence-electron chi connectivity index (χ3n) is 4.45. The zero-order chi connectivity index (χ0) is 17.3. The van der Waals surface area contributed by atoms with Crippen LogP contribution in [0.4, 0.5) is 0 Å². The first-order valence-corrected chi connectivity index (χ1v) is 7.77. The van der Waals surface area contributed by atoms with Crippen molar-refractivity contribution in [2.24, 2.45) is 5.92 Å². The van der Waals surface area contributed by atoms with Crippen molar-refractivity contribution < 1.29 is 19.1 Å². The SMILES string of the molecule is CC1C(OCc2ccccc2)=Cc2oc(=O)c(C(=O)O)cc2C1C. The Bertz CT molecular complexity index is 848. The molecule has 2 unspecified atom stereocenters. The summed E-state index contributed by atoms with van der Waals surface area (Å²) in [6, 6.07) is 11.2. The molecule has 0 saturated heterocycles. The van der Waals surface area contributed by atoms with Crippen LogP contribution in [0.15, 0.2) is 51.4 Å². The van der Waals surface area contributed by atoms with Crippen LogP contribution in [-0.2, 0) is 11.3 Å². The minimum absolute atomic E-state index is 0.0155. The van der Waals surface area contributed by atoms with Crippen LogP contribution in [-0.4, -0.2) is 11.1 Å². The molecule has 124 valence electrons. The lowest BCUT2D eigenvalue weighted by Crippen LogP contribution is -2.21. The summed E-state index contributed by atoms with van der Waals surface area (Å²) in [6.45, 7) is 4.40. The molecule has 3 rings (SSSR count). The lowest BCUT2D eigenvalue weighted by Gasteiger charge is -2.28. The number of ether oxygens (including phenoxy) is 1. The van der Waals surface area contributed by atoms with E-state index in [0.29, 0.717) is 17.9 Å². The zero-order valence-electron chi connectivity index (χ0n) is 13.5. The van der Waals surface area contributed by atoms with Crippen LogP contribution in [0.5, 0.6) is 0 Å². The quantitative estimate of drug-likeness (QED) is 0.928. The second kappa shape index (κ2) is 6.35. The Hall–Kier alpha value is -2.82. The maximum atomic E-state index is 11.8. The Morgan fingerprint density at radius 2 is 1.92 bits per heavy atom. The number of rotatable bonds is 4. The largest absolute Gasteiger partial charge is 0.493 e. The predicted octanol–water partition coefficient (Wildman–Crippen LogP) is 3.65. The van der Waals surface area contributed by atoms with E-state index in [0.717, 1.165) is 11.3 Å². The molecule has 0 aliphatic heterocycles. The minimum atomic E-state index is -1.28. The predicted molar refractivity (Wildman–Crippen MR) is 88.7 cm³/mol. The lowest BCUT2D eigenvalue weighted by atomic mass is 9.82. The summed E-state index contributed by atoms with van der Waals surface area (Å²) in [5, 5.41) is 9.08. The molecule has 1 aliphatic rings. The second-order valence-electron chi connectivity index (χ2n) is 5.97. The normalized spacial score (nSPS) is 19.3. The van der Waals surface area contributed by atoms with Crippen molar-refractivity contribution >= 4 is 12.0 Å². The maximum Gasteiger partial charge on any atom is 0.350 e. The van der Waals surface area contributed by atoms with Gasteiger partial charge in [-0.1, -0.05) is 44.2 Å². The molecule has 1 aromatic carbocycles. The summed E-state index contributed by atoms with van der Waals surface area (Å²) in [5.41, 5.74) is 0.579. The van der Waals surface area contributed by atoms with Gasteiger partial charge in [-0.15, -0.1) is 0 Å². The van der Waals surface area contributed by atoms with Crippen LogP contribution in [0.1, 0.15) is 47.0 Å². The van der Waals surface area contributed by atoms with Gasteiger partial charge in [-0.05, 0) is 23.1 Å². The smallest absolute Gasteiger partial charge is 0.350 e. The monoisotopic (exact) mass is 326 g/mol. The van der Waals surface area contributed by atoms with E-state index in [9.17, 15) is 9.59 Å². The molecule has 0 amide bonds. The van der Waals surface area contributed by atoms with E-state index in [4.69, 9.17) is 14.3 Å². The highest BCUT2D eigenvalue weighted by Gasteiger charge is 2.30. The number of fused-ring (bicyclic) bond motifs is 1. The van der Waals surface area contributed by atoms with Crippen molar-refractivity contribution in [3.8, 4) is 0 Å². The van der Waals surface area contributed by atoms with Crippen LogP contribution in [0.2, 0.25) is 0 Å². The van der Waals surface area contributed by atoms with Crippen molar-refractivity contribution in [1.29, 1.82) is 0 Å². The molecule has 5 nitrogen and oxygen atoms in total. The molecule has 2 atom stereocenters. The number of benzene rings is 1. The molecule has 0 fully saturated rings. The van der Waals surface area contributed by atoms with Crippen molar-refractivity contribution in [3.05, 3.63) is 75.0 Å². The van der Waals surface area contributed by atoms with E-state index in [1.54, 1.807) is 6.08 Å². The first-order chi connectivity index (χ1) is 11.5. The van der Waals surface area contributed by atoms with Crippen molar-refractivity contribution in [2.45, 2.75) is 26.4 Å². The molecular weight excluding hydrogens is 308 g/mol. The van der Waals surface area contributed by atoms with Gasteiger partial charge in [0.05, 0.1) is 0 Å². The van der Waals surface area contributed by atoms with E-state index in [-0.39, 0.29) is 17.4 Å². The number of hydrogen-bond donors (Lipinski definition) is 1. The molecule has 2 aromatic rings. The third kappa shape index (κ3) is 2.97. The Kier molecular flexibility index (Phi) is 4.25. The van der Waals surface area contributed by atoms with Crippen LogP contribution in [0.25, 0.3) is 6.08 Å². The van der Waals surface area contributed by atoms with E-state index in [1.165, 1.54) is 6.07 Å². The van der Waals surface area contributed by atoms with Crippen molar-refractivity contribution in [1.82, 2.24) is 0 Å². The number of carboxylic acid groups (broad SMARTS) is 1. The third-order valence-corrected chi connectivity index (χ3v) is 4.45. The fourth-order valence-electron chi connectivity index (χ4n) is 2.81. The number of aromatic carboxylic acids is 1. The molecule has 0 bridgehead atoms. The number of carbonyl (C=O) groups is 1. The maximum absolute atomic E-state index is 11.8. The summed E-state index contributed by atoms with van der Waals surface area (Å²) in [6.07, 6.45) is 1.69. The average molecular weight is 326 g/mol. The Morgan fingerprint density at radius 1 is 1.21 bits per heavy atom. The first kappa shape index (κ1) is 16.1. The van der Waals surface area contributed by atoms with Gasteiger partial charge in [0.25, 0.3) is 0 Å². The van der Waals surface area contributed by atoms with Gasteiger partial charge in [0.1, 0.15) is 23.7 Å². The average Bonchev–Trinajstić information content (AvgIpc) is 2.57. The standard InChI is InChI=1S/C19H18O5/c1-11-12(2)16(23-10-13-6-4-3-5-7-13)9-17-14(11)8-15(18(20)21)19(22)24-17/h3-9,11-12H,10H2,1-2H3,(H,20,21). The van der Waals surface area contributed by atoms with Crippen LogP contribution >= 0.6 is 0 Å². The van der Waals surface area contributed by atoms with Gasteiger partial charge in [-0.3, -0.25) is 0 Å². The van der Waals surface area contributed by atoms with Gasteiger partial charge in [0, 0.05) is 12.0 Å². The van der Waals surface area contributed by atoms with Crippen molar-refractivity contribution in [3.63, 3.8) is 0 Å². The minimum Gasteiger partial charge on any atom is -0.493 e. The van der Waals surface area contributed by atoms with E-state index >= 15 is 0 Å². The molecular formula is C19H18O5. The molecule has 24 heavy (non-hydrogen) atoms. The lowest BCUT2D eigenvalue weighted by molar-refractivity contribution is 0.0691. The Balaban J connectivity index is 1.92. The summed E-state index contributed by atoms with van der Waals surface area (Å²) >= 11 is 0. The van der Waals surface area contributed by atoms with Crippen LogP contribution < -0.4 is 5.63 Å².